The van der Waals surface area contributed by atoms with Gasteiger partial charge in [0.25, 0.3) is 0 Å². The number of carbonyl (C=O) groups excluding carboxylic acids is 1. The Hall–Kier alpha value is -1.56. The van der Waals surface area contributed by atoms with Crippen LogP contribution in [0, 0.1) is 6.92 Å². The zero-order chi connectivity index (χ0) is 14.0. The Balaban J connectivity index is 2.19. The Morgan fingerprint density at radius 3 is 2.79 bits per heavy atom. The maximum atomic E-state index is 12.1. The molecule has 0 spiro atoms. The summed E-state index contributed by atoms with van der Waals surface area (Å²) in [5.74, 6) is -0.383. The van der Waals surface area contributed by atoms with Crippen molar-refractivity contribution in [3.8, 4) is 0 Å². The number of hydrogen-bond acceptors (Lipinski definition) is 4. The Bertz CT molecular complexity index is 596. The molecule has 5 nitrogen and oxygen atoms in total. The summed E-state index contributed by atoms with van der Waals surface area (Å²) >= 11 is 0. The first-order valence-corrected chi connectivity index (χ1v) is 8.00. The van der Waals surface area contributed by atoms with Crippen molar-refractivity contribution in [3.05, 3.63) is 23.8 Å². The highest BCUT2D eigenvalue weighted by molar-refractivity contribution is 7.92. The van der Waals surface area contributed by atoms with Crippen LogP contribution in [-0.2, 0) is 14.6 Å². The number of nitrogens with one attached hydrogen (secondary N) is 1. The minimum Gasteiger partial charge on any atom is -0.397 e. The van der Waals surface area contributed by atoms with Crippen molar-refractivity contribution in [3.63, 3.8) is 0 Å². The molecule has 0 bridgehead atoms. The smallest absolute Gasteiger partial charge is 0.242 e. The van der Waals surface area contributed by atoms with Gasteiger partial charge >= 0.3 is 0 Å². The van der Waals surface area contributed by atoms with E-state index in [-0.39, 0.29) is 5.75 Å². The normalized spacial score (nSPS) is 21.8. The molecule has 0 saturated carbocycles. The molecule has 1 aromatic carbocycles. The number of nitrogen functional groups attached to an aromatic ring is 1. The molecule has 0 aliphatic carbocycles. The fourth-order valence-electron chi connectivity index (χ4n) is 2.24. The third-order valence-electron chi connectivity index (χ3n) is 3.34. The molecule has 3 N–H and O–H groups in total. The summed E-state index contributed by atoms with van der Waals surface area (Å²) in [6.45, 7) is 1.88. The van der Waals surface area contributed by atoms with Crippen molar-refractivity contribution in [2.24, 2.45) is 0 Å². The highest BCUT2D eigenvalue weighted by Gasteiger charge is 2.34. The monoisotopic (exact) mass is 282 g/mol. The van der Waals surface area contributed by atoms with E-state index < -0.39 is 21.0 Å². The molecule has 1 heterocycles. The first kappa shape index (κ1) is 13.9. The van der Waals surface area contributed by atoms with Crippen LogP contribution in [0.3, 0.4) is 0 Å². The number of carbonyl (C=O) groups is 1. The molecule has 1 aliphatic heterocycles. The van der Waals surface area contributed by atoms with Gasteiger partial charge in [-0.1, -0.05) is 12.5 Å². The highest BCUT2D eigenvalue weighted by Crippen LogP contribution is 2.24. The highest BCUT2D eigenvalue weighted by atomic mass is 32.2. The molecule has 6 heteroatoms. The molecule has 1 fully saturated rings. The van der Waals surface area contributed by atoms with Crippen LogP contribution >= 0.6 is 0 Å². The number of anilines is 2. The van der Waals surface area contributed by atoms with Gasteiger partial charge in [-0.05, 0) is 37.5 Å². The lowest BCUT2D eigenvalue weighted by atomic mass is 10.1. The summed E-state index contributed by atoms with van der Waals surface area (Å²) in [5, 5.41) is 1.69. The molecule has 1 atom stereocenters. The third kappa shape index (κ3) is 3.07. The standard InChI is InChI=1S/C13H18N2O3S/c1-9-5-6-10(14)11(8-9)15-13(16)12-4-2-3-7-19(12,17)18/h5-6,8,12H,2-4,7,14H2,1H3,(H,15,16). The Kier molecular flexibility index (Phi) is 3.80. The van der Waals surface area contributed by atoms with Gasteiger partial charge in [-0.3, -0.25) is 4.79 Å². The number of aryl methyl sites for hydroxylation is 1. The minimum atomic E-state index is -3.32. The van der Waals surface area contributed by atoms with Gasteiger partial charge in [0.1, 0.15) is 5.25 Å². The average Bonchev–Trinajstić information content (AvgIpc) is 2.33. The molecule has 1 aliphatic rings. The summed E-state index contributed by atoms with van der Waals surface area (Å²) in [4.78, 5) is 12.1. The van der Waals surface area contributed by atoms with Gasteiger partial charge in [-0.25, -0.2) is 8.42 Å². The van der Waals surface area contributed by atoms with Crippen molar-refractivity contribution < 1.29 is 13.2 Å². The van der Waals surface area contributed by atoms with Crippen molar-refractivity contribution in [1.29, 1.82) is 0 Å². The molecule has 1 amide bonds. The summed E-state index contributed by atoms with van der Waals surface area (Å²) in [5.41, 5.74) is 7.64. The minimum absolute atomic E-state index is 0.0917. The van der Waals surface area contributed by atoms with Gasteiger partial charge in [-0.2, -0.15) is 0 Å². The second kappa shape index (κ2) is 5.21. The van der Waals surface area contributed by atoms with Gasteiger partial charge in [0.05, 0.1) is 17.1 Å². The second-order valence-electron chi connectivity index (χ2n) is 4.93. The molecule has 0 radical (unpaired) electrons. The zero-order valence-corrected chi connectivity index (χ0v) is 11.7. The Morgan fingerprint density at radius 2 is 2.11 bits per heavy atom. The lowest BCUT2D eigenvalue weighted by molar-refractivity contribution is -0.116. The molecule has 1 unspecified atom stereocenters. The van der Waals surface area contributed by atoms with Crippen LogP contribution in [0.4, 0.5) is 11.4 Å². The third-order valence-corrected chi connectivity index (χ3v) is 5.51. The molecule has 104 valence electrons. The number of nitrogens with two attached hydrogens (primary N) is 1. The van der Waals surface area contributed by atoms with Crippen molar-refractivity contribution in [1.82, 2.24) is 0 Å². The van der Waals surface area contributed by atoms with E-state index in [9.17, 15) is 13.2 Å². The van der Waals surface area contributed by atoms with Crippen molar-refractivity contribution in [2.75, 3.05) is 16.8 Å². The van der Waals surface area contributed by atoms with Crippen LogP contribution in [0.5, 0.6) is 0 Å². The molecule has 0 aromatic heterocycles. The SMILES string of the molecule is Cc1ccc(N)c(NC(=O)C2CCCCS2(=O)=O)c1. The fraction of sp³-hybridized carbons (Fsp3) is 0.462. The van der Waals surface area contributed by atoms with Gasteiger partial charge in [-0.15, -0.1) is 0 Å². The first-order chi connectivity index (χ1) is 8.90. The zero-order valence-electron chi connectivity index (χ0n) is 10.8. The lowest BCUT2D eigenvalue weighted by Crippen LogP contribution is -2.39. The summed E-state index contributed by atoms with van der Waals surface area (Å²) in [6, 6.07) is 5.27. The summed E-state index contributed by atoms with van der Waals surface area (Å²) < 4.78 is 23.7. The Morgan fingerprint density at radius 1 is 1.37 bits per heavy atom. The molecular formula is C13H18N2O3S. The van der Waals surface area contributed by atoms with Crippen LogP contribution in [-0.4, -0.2) is 25.3 Å². The predicted octanol–water partition coefficient (Wildman–Crippen LogP) is 1.48. The predicted molar refractivity (Wildman–Crippen MR) is 75.6 cm³/mol. The van der Waals surface area contributed by atoms with E-state index in [4.69, 9.17) is 5.73 Å². The van der Waals surface area contributed by atoms with E-state index in [1.54, 1.807) is 12.1 Å². The van der Waals surface area contributed by atoms with E-state index in [2.05, 4.69) is 5.32 Å². The molecule has 19 heavy (non-hydrogen) atoms. The average molecular weight is 282 g/mol. The number of amides is 1. The van der Waals surface area contributed by atoms with Crippen LogP contribution in [0.2, 0.25) is 0 Å². The number of rotatable bonds is 2. The second-order valence-corrected chi connectivity index (χ2v) is 7.23. The largest absolute Gasteiger partial charge is 0.397 e. The van der Waals surface area contributed by atoms with E-state index in [0.717, 1.165) is 12.0 Å². The van der Waals surface area contributed by atoms with Crippen LogP contribution in [0.1, 0.15) is 24.8 Å². The first-order valence-electron chi connectivity index (χ1n) is 6.29. The van der Waals surface area contributed by atoms with E-state index in [1.807, 2.05) is 13.0 Å². The maximum Gasteiger partial charge on any atom is 0.242 e. The topological polar surface area (TPSA) is 89.3 Å². The summed E-state index contributed by atoms with van der Waals surface area (Å²) in [7, 11) is -3.32. The number of benzene rings is 1. The number of hydrogen-bond donors (Lipinski definition) is 2. The van der Waals surface area contributed by atoms with E-state index in [1.165, 1.54) is 0 Å². The van der Waals surface area contributed by atoms with E-state index >= 15 is 0 Å². The maximum absolute atomic E-state index is 12.1. The molecule has 1 aromatic rings. The molecule has 1 saturated heterocycles. The van der Waals surface area contributed by atoms with Gasteiger partial charge in [0.2, 0.25) is 5.91 Å². The van der Waals surface area contributed by atoms with Gasteiger partial charge in [0.15, 0.2) is 9.84 Å². The van der Waals surface area contributed by atoms with Crippen LogP contribution in [0.15, 0.2) is 18.2 Å². The molecular weight excluding hydrogens is 264 g/mol. The van der Waals surface area contributed by atoms with Crippen molar-refractivity contribution in [2.45, 2.75) is 31.4 Å². The molecule has 2 rings (SSSR count). The quantitative estimate of drug-likeness (QED) is 0.804. The van der Waals surface area contributed by atoms with Crippen molar-refractivity contribution >= 4 is 27.1 Å². The Labute approximate surface area is 113 Å². The van der Waals surface area contributed by atoms with E-state index in [0.29, 0.717) is 24.2 Å². The van der Waals surface area contributed by atoms with Crippen LogP contribution in [0.25, 0.3) is 0 Å². The van der Waals surface area contributed by atoms with Gasteiger partial charge < -0.3 is 11.1 Å². The van der Waals surface area contributed by atoms with Gasteiger partial charge in [0, 0.05) is 0 Å². The fourth-order valence-corrected chi connectivity index (χ4v) is 4.04. The summed E-state index contributed by atoms with van der Waals surface area (Å²) in [6.07, 6.45) is 1.79. The lowest BCUT2D eigenvalue weighted by Gasteiger charge is -2.21. The number of sulfone groups is 1. The van der Waals surface area contributed by atoms with Crippen LogP contribution < -0.4 is 11.1 Å².